The Morgan fingerprint density at radius 2 is 1.79 bits per heavy atom. The molecule has 1 fully saturated rings. The number of benzene rings is 1. The molecule has 2 amide bonds. The van der Waals surface area contributed by atoms with Crippen molar-refractivity contribution in [2.24, 2.45) is 0 Å². The maximum Gasteiger partial charge on any atom is 0.308 e. The third-order valence-electron chi connectivity index (χ3n) is 6.15. The Bertz CT molecular complexity index is 782. The first kappa shape index (κ1) is 27.7. The molecule has 0 spiro atoms. The van der Waals surface area contributed by atoms with Gasteiger partial charge in [0.2, 0.25) is 5.91 Å². The van der Waals surface area contributed by atoms with Gasteiger partial charge in [0.15, 0.2) is 6.10 Å². The number of carbonyl (C=O) groups is 3. The van der Waals surface area contributed by atoms with Crippen molar-refractivity contribution >= 4 is 17.8 Å². The average Bonchev–Trinajstić information content (AvgIpc) is 2.82. The molecule has 0 radical (unpaired) electrons. The molecule has 1 aromatic carbocycles. The van der Waals surface area contributed by atoms with E-state index >= 15 is 0 Å². The molecule has 0 aromatic heterocycles. The molecule has 2 rings (SSSR count). The highest BCUT2D eigenvalue weighted by molar-refractivity contribution is 5.93. The second-order valence-electron chi connectivity index (χ2n) is 9.07. The lowest BCUT2D eigenvalue weighted by Gasteiger charge is -2.36. The molecular formula is C27H42N2O5. The summed E-state index contributed by atoms with van der Waals surface area (Å²) < 4.78 is 11.3. The van der Waals surface area contributed by atoms with Crippen molar-refractivity contribution in [3.63, 3.8) is 0 Å². The number of amides is 2. The minimum atomic E-state index is -0.873. The fraction of sp³-hybridized carbons (Fsp3) is 0.667. The van der Waals surface area contributed by atoms with Crippen LogP contribution in [0.15, 0.2) is 24.3 Å². The molecule has 2 unspecified atom stereocenters. The van der Waals surface area contributed by atoms with Gasteiger partial charge < -0.3 is 19.7 Å². The second kappa shape index (κ2) is 15.4. The minimum absolute atomic E-state index is 0.143. The van der Waals surface area contributed by atoms with Crippen LogP contribution in [0.4, 0.5) is 0 Å². The van der Waals surface area contributed by atoms with Crippen molar-refractivity contribution in [1.29, 1.82) is 0 Å². The summed E-state index contributed by atoms with van der Waals surface area (Å²) in [5, 5.41) is 2.76. The largest absolute Gasteiger partial charge is 0.481 e. The van der Waals surface area contributed by atoms with Crippen LogP contribution in [0, 0.1) is 6.92 Å². The lowest BCUT2D eigenvalue weighted by Crippen LogP contribution is -2.60. The van der Waals surface area contributed by atoms with Gasteiger partial charge in [-0.05, 0) is 37.5 Å². The van der Waals surface area contributed by atoms with Gasteiger partial charge in [-0.3, -0.25) is 14.4 Å². The average molecular weight is 475 g/mol. The number of nitrogens with zero attached hydrogens (tertiary/aromatic N) is 1. The third kappa shape index (κ3) is 9.35. The molecule has 1 aliphatic rings. The highest BCUT2D eigenvalue weighted by Gasteiger charge is 2.38. The van der Waals surface area contributed by atoms with E-state index in [-0.39, 0.29) is 18.2 Å². The molecule has 190 valence electrons. The van der Waals surface area contributed by atoms with Crippen molar-refractivity contribution in [2.75, 3.05) is 19.7 Å². The van der Waals surface area contributed by atoms with Crippen LogP contribution < -0.4 is 10.1 Å². The van der Waals surface area contributed by atoms with E-state index in [1.807, 2.05) is 38.1 Å². The Kier molecular flexibility index (Phi) is 12.5. The molecule has 34 heavy (non-hydrogen) atoms. The summed E-state index contributed by atoms with van der Waals surface area (Å²) in [5.74, 6) is -0.438. The van der Waals surface area contributed by atoms with Gasteiger partial charge in [0.1, 0.15) is 11.8 Å². The topological polar surface area (TPSA) is 84.9 Å². The quantitative estimate of drug-likeness (QED) is 0.298. The molecule has 2 atom stereocenters. The predicted molar refractivity (Wildman–Crippen MR) is 133 cm³/mol. The first-order valence-electron chi connectivity index (χ1n) is 12.9. The smallest absolute Gasteiger partial charge is 0.308 e. The first-order chi connectivity index (χ1) is 16.5. The molecule has 0 saturated carbocycles. The van der Waals surface area contributed by atoms with Crippen LogP contribution in [0.5, 0.6) is 5.75 Å². The molecule has 1 heterocycles. The highest BCUT2D eigenvalue weighted by Crippen LogP contribution is 2.19. The first-order valence-corrected chi connectivity index (χ1v) is 12.9. The zero-order chi connectivity index (χ0) is 24.8. The number of ether oxygens (including phenoxy) is 2. The Morgan fingerprint density at radius 3 is 2.47 bits per heavy atom. The van der Waals surface area contributed by atoms with Crippen LogP contribution >= 0.6 is 0 Å². The molecule has 0 aliphatic carbocycles. The maximum absolute atomic E-state index is 13.3. The normalized spacial score (nSPS) is 16.6. The number of esters is 1. The maximum atomic E-state index is 13.3. The van der Waals surface area contributed by atoms with E-state index in [9.17, 15) is 14.4 Å². The standard InChI is InChI=1S/C27H42N2O5/c1-4-6-7-8-9-10-11-12-18-33-25(30)20-23-26(31)28-16-17-29(23)27(32)24(5-2)34-22-15-13-14-21(3)19-22/h13-15,19,23-24H,4-12,16-18,20H2,1-3H3,(H,28,31). The summed E-state index contributed by atoms with van der Waals surface area (Å²) in [6.07, 6.45) is 8.91. The number of carbonyl (C=O) groups excluding carboxylic acids is 3. The second-order valence-corrected chi connectivity index (χ2v) is 9.07. The molecule has 1 aromatic rings. The van der Waals surface area contributed by atoms with Gasteiger partial charge in [-0.15, -0.1) is 0 Å². The number of hydrogen-bond donors (Lipinski definition) is 1. The number of hydrogen-bond acceptors (Lipinski definition) is 5. The zero-order valence-corrected chi connectivity index (χ0v) is 21.1. The van der Waals surface area contributed by atoms with Gasteiger partial charge in [-0.25, -0.2) is 0 Å². The van der Waals surface area contributed by atoms with Crippen LogP contribution in [-0.2, 0) is 19.1 Å². The molecule has 1 saturated heterocycles. The van der Waals surface area contributed by atoms with Crippen molar-refractivity contribution in [2.45, 2.75) is 97.1 Å². The monoisotopic (exact) mass is 474 g/mol. The van der Waals surface area contributed by atoms with E-state index in [0.717, 1.165) is 24.8 Å². The van der Waals surface area contributed by atoms with E-state index in [0.29, 0.717) is 31.9 Å². The van der Waals surface area contributed by atoms with Crippen LogP contribution in [0.2, 0.25) is 0 Å². The molecule has 0 bridgehead atoms. The fourth-order valence-corrected chi connectivity index (χ4v) is 4.17. The Balaban J connectivity index is 1.83. The SMILES string of the molecule is CCCCCCCCCCOC(=O)CC1C(=O)NCCN1C(=O)C(CC)Oc1cccc(C)c1. The van der Waals surface area contributed by atoms with Gasteiger partial charge in [-0.2, -0.15) is 0 Å². The Hall–Kier alpha value is -2.57. The van der Waals surface area contributed by atoms with Gasteiger partial charge >= 0.3 is 5.97 Å². The van der Waals surface area contributed by atoms with Gasteiger partial charge in [0.05, 0.1) is 13.0 Å². The number of aryl methyl sites for hydroxylation is 1. The van der Waals surface area contributed by atoms with Crippen molar-refractivity contribution in [1.82, 2.24) is 10.2 Å². The Labute approximate surface area is 204 Å². The number of piperazine rings is 1. The number of unbranched alkanes of at least 4 members (excludes halogenated alkanes) is 7. The minimum Gasteiger partial charge on any atom is -0.481 e. The zero-order valence-electron chi connectivity index (χ0n) is 21.1. The summed E-state index contributed by atoms with van der Waals surface area (Å²) in [4.78, 5) is 39.7. The highest BCUT2D eigenvalue weighted by atomic mass is 16.5. The van der Waals surface area contributed by atoms with Gasteiger partial charge in [0.25, 0.3) is 5.91 Å². The van der Waals surface area contributed by atoms with Crippen LogP contribution in [0.1, 0.15) is 83.6 Å². The molecule has 1 N–H and O–H groups in total. The van der Waals surface area contributed by atoms with E-state index in [4.69, 9.17) is 9.47 Å². The molecule has 7 nitrogen and oxygen atoms in total. The fourth-order valence-electron chi connectivity index (χ4n) is 4.17. The predicted octanol–water partition coefficient (Wildman–Crippen LogP) is 4.55. The summed E-state index contributed by atoms with van der Waals surface area (Å²) >= 11 is 0. The molecule has 1 aliphatic heterocycles. The van der Waals surface area contributed by atoms with Crippen molar-refractivity contribution in [3.05, 3.63) is 29.8 Å². The van der Waals surface area contributed by atoms with Crippen LogP contribution in [0.25, 0.3) is 0 Å². The van der Waals surface area contributed by atoms with Crippen LogP contribution in [-0.4, -0.2) is 54.5 Å². The summed E-state index contributed by atoms with van der Waals surface area (Å²) in [7, 11) is 0. The van der Waals surface area contributed by atoms with E-state index in [2.05, 4.69) is 12.2 Å². The van der Waals surface area contributed by atoms with Gasteiger partial charge in [-0.1, -0.05) is 70.9 Å². The lowest BCUT2D eigenvalue weighted by atomic mass is 10.1. The van der Waals surface area contributed by atoms with Crippen molar-refractivity contribution in [3.8, 4) is 5.75 Å². The summed E-state index contributed by atoms with van der Waals surface area (Å²) in [6, 6.07) is 6.65. The lowest BCUT2D eigenvalue weighted by molar-refractivity contribution is -0.154. The summed E-state index contributed by atoms with van der Waals surface area (Å²) in [5.41, 5.74) is 1.04. The van der Waals surface area contributed by atoms with E-state index in [1.165, 1.54) is 37.0 Å². The van der Waals surface area contributed by atoms with Gasteiger partial charge in [0, 0.05) is 13.1 Å². The van der Waals surface area contributed by atoms with E-state index < -0.39 is 18.1 Å². The Morgan fingerprint density at radius 1 is 1.09 bits per heavy atom. The molecular weight excluding hydrogens is 432 g/mol. The van der Waals surface area contributed by atoms with E-state index in [1.54, 1.807) is 0 Å². The van der Waals surface area contributed by atoms with Crippen LogP contribution in [0.3, 0.4) is 0 Å². The number of nitrogens with one attached hydrogen (secondary N) is 1. The summed E-state index contributed by atoms with van der Waals surface area (Å²) in [6.45, 7) is 7.09. The number of rotatable bonds is 15. The van der Waals surface area contributed by atoms with Crippen molar-refractivity contribution < 1.29 is 23.9 Å². The molecule has 7 heteroatoms. The third-order valence-corrected chi connectivity index (χ3v) is 6.15.